The molecule has 8 heteroatoms. The summed E-state index contributed by atoms with van der Waals surface area (Å²) in [6.45, 7) is -0.288. The van der Waals surface area contributed by atoms with Gasteiger partial charge in [0.2, 0.25) is 0 Å². The highest BCUT2D eigenvalue weighted by atomic mass is 32.2. The Morgan fingerprint density at radius 1 is 1.30 bits per heavy atom. The summed E-state index contributed by atoms with van der Waals surface area (Å²) in [6, 6.07) is 9.27. The molecule has 27 heavy (non-hydrogen) atoms. The number of methoxy groups -OCH3 is 1. The third-order valence-electron chi connectivity index (χ3n) is 4.13. The van der Waals surface area contributed by atoms with E-state index < -0.39 is 5.91 Å². The maximum atomic E-state index is 14.0. The molecule has 0 fully saturated rings. The van der Waals surface area contributed by atoms with Crippen LogP contribution in [0.4, 0.5) is 4.39 Å². The number of amides is 2. The molecular formula is C19H19FN2O4S. The van der Waals surface area contributed by atoms with Gasteiger partial charge in [0.1, 0.15) is 5.82 Å². The molecule has 1 unspecified atom stereocenters. The minimum atomic E-state index is -0.611. The number of hydrogen-bond acceptors (Lipinski definition) is 5. The summed E-state index contributed by atoms with van der Waals surface area (Å²) in [7, 11) is 1.44. The van der Waals surface area contributed by atoms with Gasteiger partial charge in [-0.05, 0) is 36.2 Å². The minimum Gasteiger partial charge on any atom is -0.493 e. The van der Waals surface area contributed by atoms with Crippen LogP contribution in [0.3, 0.4) is 0 Å². The quantitative estimate of drug-likeness (QED) is 0.791. The van der Waals surface area contributed by atoms with Gasteiger partial charge in [0.05, 0.1) is 13.2 Å². The standard InChI is InChI=1S/C19H19FN2O4S/c1-25-16-9-11(5-6-15(16)26-10-17(21)23)19(24)22-14-7-8-27-18-12(14)3-2-4-13(18)20/h2-6,9,14H,7-8,10H2,1H3,(H2,21,23)(H,22,24). The highest BCUT2D eigenvalue weighted by Gasteiger charge is 2.25. The molecule has 1 heterocycles. The Bertz CT molecular complexity index is 875. The van der Waals surface area contributed by atoms with Gasteiger partial charge >= 0.3 is 0 Å². The van der Waals surface area contributed by atoms with E-state index in [0.29, 0.717) is 28.4 Å². The fourth-order valence-corrected chi connectivity index (χ4v) is 4.00. The first-order valence-corrected chi connectivity index (χ1v) is 9.29. The SMILES string of the molecule is COc1cc(C(=O)NC2CCSc3c(F)cccc32)ccc1OCC(N)=O. The lowest BCUT2D eigenvalue weighted by molar-refractivity contribution is -0.119. The monoisotopic (exact) mass is 390 g/mol. The molecule has 6 nitrogen and oxygen atoms in total. The van der Waals surface area contributed by atoms with Crippen molar-refractivity contribution in [3.8, 4) is 11.5 Å². The Morgan fingerprint density at radius 3 is 2.85 bits per heavy atom. The van der Waals surface area contributed by atoms with E-state index in [-0.39, 0.29) is 24.4 Å². The van der Waals surface area contributed by atoms with Crippen molar-refractivity contribution < 1.29 is 23.5 Å². The van der Waals surface area contributed by atoms with Gasteiger partial charge in [-0.1, -0.05) is 12.1 Å². The van der Waals surface area contributed by atoms with Crippen LogP contribution >= 0.6 is 11.8 Å². The molecule has 1 aliphatic heterocycles. The second-order valence-electron chi connectivity index (χ2n) is 5.94. The summed E-state index contributed by atoms with van der Waals surface area (Å²) < 4.78 is 24.5. The molecule has 2 aromatic rings. The zero-order valence-electron chi connectivity index (χ0n) is 14.7. The summed E-state index contributed by atoms with van der Waals surface area (Å²) in [6.07, 6.45) is 0.712. The van der Waals surface area contributed by atoms with Crippen molar-refractivity contribution in [2.24, 2.45) is 5.73 Å². The average Bonchev–Trinajstić information content (AvgIpc) is 2.67. The molecular weight excluding hydrogens is 371 g/mol. The number of nitrogens with two attached hydrogens (primary N) is 1. The largest absolute Gasteiger partial charge is 0.493 e. The first-order chi connectivity index (χ1) is 13.0. The highest BCUT2D eigenvalue weighted by Crippen LogP contribution is 2.38. The Labute approximate surface area is 160 Å². The van der Waals surface area contributed by atoms with Crippen LogP contribution in [-0.2, 0) is 4.79 Å². The molecule has 0 spiro atoms. The summed E-state index contributed by atoms with van der Waals surface area (Å²) in [4.78, 5) is 24.1. The zero-order valence-corrected chi connectivity index (χ0v) is 15.5. The maximum absolute atomic E-state index is 14.0. The van der Waals surface area contributed by atoms with E-state index in [1.807, 2.05) is 6.07 Å². The summed E-state index contributed by atoms with van der Waals surface area (Å²) in [5.41, 5.74) is 6.22. The van der Waals surface area contributed by atoms with E-state index in [2.05, 4.69) is 5.32 Å². The van der Waals surface area contributed by atoms with Crippen LogP contribution in [0, 0.1) is 5.82 Å². The van der Waals surface area contributed by atoms with Gasteiger partial charge in [-0.2, -0.15) is 0 Å². The molecule has 0 aliphatic carbocycles. The number of thioether (sulfide) groups is 1. The van der Waals surface area contributed by atoms with Crippen molar-refractivity contribution in [3.05, 3.63) is 53.3 Å². The number of benzene rings is 2. The fraction of sp³-hybridized carbons (Fsp3) is 0.263. The van der Waals surface area contributed by atoms with Gasteiger partial charge in [-0.3, -0.25) is 9.59 Å². The topological polar surface area (TPSA) is 90.7 Å². The van der Waals surface area contributed by atoms with Gasteiger partial charge in [-0.25, -0.2) is 4.39 Å². The fourth-order valence-electron chi connectivity index (χ4n) is 2.85. The second-order valence-corrected chi connectivity index (χ2v) is 7.05. The molecule has 1 aliphatic rings. The van der Waals surface area contributed by atoms with E-state index in [0.717, 1.165) is 11.3 Å². The van der Waals surface area contributed by atoms with E-state index >= 15 is 0 Å². The lowest BCUT2D eigenvalue weighted by atomic mass is 10.0. The molecule has 0 saturated heterocycles. The zero-order chi connectivity index (χ0) is 19.4. The predicted molar refractivity (Wildman–Crippen MR) is 99.6 cm³/mol. The van der Waals surface area contributed by atoms with Gasteiger partial charge in [0.25, 0.3) is 11.8 Å². The Kier molecular flexibility index (Phi) is 5.85. The Hall–Kier alpha value is -2.74. The number of carbonyl (C=O) groups is 2. The Morgan fingerprint density at radius 2 is 2.11 bits per heavy atom. The average molecular weight is 390 g/mol. The Balaban J connectivity index is 1.77. The van der Waals surface area contributed by atoms with Crippen molar-refractivity contribution in [2.45, 2.75) is 17.4 Å². The van der Waals surface area contributed by atoms with Crippen molar-refractivity contribution in [3.63, 3.8) is 0 Å². The van der Waals surface area contributed by atoms with Crippen molar-refractivity contribution in [2.75, 3.05) is 19.5 Å². The molecule has 3 rings (SSSR count). The van der Waals surface area contributed by atoms with Crippen LogP contribution in [0.15, 0.2) is 41.3 Å². The molecule has 142 valence electrons. The molecule has 2 amide bonds. The number of carbonyl (C=O) groups excluding carboxylic acids is 2. The summed E-state index contributed by atoms with van der Waals surface area (Å²) in [5, 5.41) is 2.95. The number of ether oxygens (including phenoxy) is 2. The third kappa shape index (κ3) is 4.33. The lowest BCUT2D eigenvalue weighted by Crippen LogP contribution is -2.31. The maximum Gasteiger partial charge on any atom is 0.255 e. The van der Waals surface area contributed by atoms with Crippen LogP contribution in [-0.4, -0.2) is 31.3 Å². The van der Waals surface area contributed by atoms with E-state index in [1.54, 1.807) is 18.2 Å². The normalized spacial score (nSPS) is 15.6. The smallest absolute Gasteiger partial charge is 0.255 e. The van der Waals surface area contributed by atoms with Crippen LogP contribution in [0.2, 0.25) is 0 Å². The molecule has 1 atom stereocenters. The number of rotatable bonds is 6. The molecule has 0 radical (unpaired) electrons. The number of primary amides is 1. The molecule has 0 bridgehead atoms. The van der Waals surface area contributed by atoms with Gasteiger partial charge < -0.3 is 20.5 Å². The minimum absolute atomic E-state index is 0.263. The molecule has 2 aromatic carbocycles. The molecule has 3 N–H and O–H groups in total. The third-order valence-corrected chi connectivity index (χ3v) is 5.29. The van der Waals surface area contributed by atoms with Crippen LogP contribution in [0.25, 0.3) is 0 Å². The second kappa shape index (κ2) is 8.30. The predicted octanol–water partition coefficient (Wildman–Crippen LogP) is 2.67. The van der Waals surface area contributed by atoms with Crippen molar-refractivity contribution in [1.82, 2.24) is 5.32 Å². The molecule has 0 saturated carbocycles. The van der Waals surface area contributed by atoms with Crippen LogP contribution < -0.4 is 20.5 Å². The van der Waals surface area contributed by atoms with E-state index in [1.165, 1.54) is 31.0 Å². The summed E-state index contributed by atoms with van der Waals surface area (Å²) in [5.74, 6) is 0.169. The highest BCUT2D eigenvalue weighted by molar-refractivity contribution is 7.99. The number of halogens is 1. The van der Waals surface area contributed by atoms with E-state index in [9.17, 15) is 14.0 Å². The van der Waals surface area contributed by atoms with Crippen molar-refractivity contribution in [1.29, 1.82) is 0 Å². The molecule has 0 aromatic heterocycles. The van der Waals surface area contributed by atoms with Crippen LogP contribution in [0.1, 0.15) is 28.4 Å². The lowest BCUT2D eigenvalue weighted by Gasteiger charge is -2.26. The van der Waals surface area contributed by atoms with Crippen molar-refractivity contribution >= 4 is 23.6 Å². The van der Waals surface area contributed by atoms with Crippen LogP contribution in [0.5, 0.6) is 11.5 Å². The first-order valence-electron chi connectivity index (χ1n) is 8.31. The summed E-state index contributed by atoms with van der Waals surface area (Å²) >= 11 is 1.46. The van der Waals surface area contributed by atoms with E-state index in [4.69, 9.17) is 15.2 Å². The first kappa shape index (κ1) is 19.0. The number of nitrogens with one attached hydrogen (secondary N) is 1. The van der Waals surface area contributed by atoms with Gasteiger partial charge in [0.15, 0.2) is 18.1 Å². The van der Waals surface area contributed by atoms with Gasteiger partial charge in [0, 0.05) is 16.2 Å². The number of fused-ring (bicyclic) bond motifs is 1. The van der Waals surface area contributed by atoms with Gasteiger partial charge in [-0.15, -0.1) is 11.8 Å². The number of hydrogen-bond donors (Lipinski definition) is 2.